The number of aliphatic imine (C=N–C) groups is 2. The molecule has 2 aliphatic heterocycles. The van der Waals surface area contributed by atoms with E-state index in [1.165, 1.54) is 7.11 Å². The first kappa shape index (κ1) is 23.2. The summed E-state index contributed by atoms with van der Waals surface area (Å²) < 4.78 is 10.9. The van der Waals surface area contributed by atoms with Crippen molar-refractivity contribution in [3.63, 3.8) is 0 Å². The van der Waals surface area contributed by atoms with Crippen LogP contribution < -0.4 is 22.0 Å². The number of fused-ring (bicyclic) bond motifs is 1. The molecule has 2 aliphatic rings. The quantitative estimate of drug-likeness (QED) is 0.536. The van der Waals surface area contributed by atoms with E-state index in [9.17, 15) is 4.79 Å². The van der Waals surface area contributed by atoms with Crippen molar-refractivity contribution in [1.29, 1.82) is 0 Å². The monoisotopic (exact) mass is 471 g/mol. The average Bonchev–Trinajstić information content (AvgIpc) is 3.28. The van der Waals surface area contributed by atoms with E-state index in [1.54, 1.807) is 18.3 Å². The smallest absolute Gasteiger partial charge is 0.337 e. The van der Waals surface area contributed by atoms with Gasteiger partial charge < -0.3 is 21.9 Å². The van der Waals surface area contributed by atoms with E-state index in [0.717, 1.165) is 44.6 Å². The van der Waals surface area contributed by atoms with E-state index >= 15 is 0 Å². The molecule has 0 radical (unpaired) electrons. The Morgan fingerprint density at radius 1 is 0.941 bits per heavy atom. The Kier molecular flexibility index (Phi) is 7.01. The third kappa shape index (κ3) is 4.69. The number of carbonyl (C=O) groups excluding carboxylic acids is 1. The average molecular weight is 472 g/mol. The van der Waals surface area contributed by atoms with E-state index in [2.05, 4.69) is 4.99 Å². The second kappa shape index (κ2) is 10.3. The van der Waals surface area contributed by atoms with Gasteiger partial charge in [-0.25, -0.2) is 9.69 Å². The minimum Gasteiger partial charge on any atom is -1.00 e. The maximum Gasteiger partial charge on any atom is 0.337 e. The molecule has 0 aliphatic carbocycles. The zero-order chi connectivity index (χ0) is 22.6. The molecule has 1 atom stereocenters. The highest BCUT2D eigenvalue weighted by Gasteiger charge is 2.34. The number of esters is 1. The molecule has 0 saturated heterocycles. The number of nitrogens with one attached hydrogen (secondary N) is 1. The molecule has 5 rings (SSSR count). The summed E-state index contributed by atoms with van der Waals surface area (Å²) >= 11 is 0. The van der Waals surface area contributed by atoms with Crippen molar-refractivity contribution in [3.05, 3.63) is 119 Å². The van der Waals surface area contributed by atoms with E-state index in [-0.39, 0.29) is 18.4 Å². The number of quaternary nitrogens is 1. The van der Waals surface area contributed by atoms with Gasteiger partial charge in [0.25, 0.3) is 0 Å². The van der Waals surface area contributed by atoms with Gasteiger partial charge in [-0.1, -0.05) is 48.5 Å². The fraction of sp³-hybridized carbons (Fsp3) is 0.0741. The van der Waals surface area contributed by atoms with E-state index in [0.29, 0.717) is 12.2 Å². The predicted octanol–water partition coefficient (Wildman–Crippen LogP) is 0.626. The van der Waals surface area contributed by atoms with Gasteiger partial charge >= 0.3 is 5.97 Å². The fourth-order valence-corrected chi connectivity index (χ4v) is 3.85. The highest BCUT2D eigenvalue weighted by Crippen LogP contribution is 2.25. The lowest BCUT2D eigenvalue weighted by molar-refractivity contribution is -0.688. The largest absolute Gasteiger partial charge is 1.00 e. The fourth-order valence-electron chi connectivity index (χ4n) is 3.85. The van der Waals surface area contributed by atoms with Crippen molar-refractivity contribution in [1.82, 2.24) is 0 Å². The Morgan fingerprint density at radius 3 is 2.56 bits per heavy atom. The first-order chi connectivity index (χ1) is 16.2. The molecule has 34 heavy (non-hydrogen) atoms. The summed E-state index contributed by atoms with van der Waals surface area (Å²) in [6.45, 7) is 0.495. The Balaban J connectivity index is 0.00000274. The molecule has 0 amide bonds. The van der Waals surface area contributed by atoms with Crippen molar-refractivity contribution in [3.8, 4) is 5.75 Å². The summed E-state index contributed by atoms with van der Waals surface area (Å²) in [4.78, 5) is 22.3. The number of nitrogens with zero attached hydrogens (tertiary/aromatic N) is 2. The van der Waals surface area contributed by atoms with Gasteiger partial charge in [0.15, 0.2) is 5.70 Å². The van der Waals surface area contributed by atoms with Gasteiger partial charge in [0.05, 0.1) is 30.7 Å². The van der Waals surface area contributed by atoms with Crippen molar-refractivity contribution in [2.45, 2.75) is 6.61 Å². The number of amidine groups is 1. The van der Waals surface area contributed by atoms with Gasteiger partial charge in [0.2, 0.25) is 5.84 Å². The van der Waals surface area contributed by atoms with E-state index in [4.69, 9.17) is 14.5 Å². The number of hydrogen-bond acceptors (Lipinski definition) is 5. The normalized spacial score (nSPS) is 15.9. The summed E-state index contributed by atoms with van der Waals surface area (Å²) in [7, 11) is 1.38. The molecule has 0 bridgehead atoms. The SMILES string of the molecule is COC(=O)c1cccc(C2=C3C=NC=C[NH+]3C(c3cccc(OCc4ccccc4)c3)=N2)c1.[Cl-]. The molecular weight excluding hydrogens is 450 g/mol. The molecule has 1 unspecified atom stereocenters. The third-order valence-electron chi connectivity index (χ3n) is 5.47. The van der Waals surface area contributed by atoms with Gasteiger partial charge in [-0.3, -0.25) is 4.99 Å². The molecule has 0 saturated carbocycles. The molecule has 0 fully saturated rings. The van der Waals surface area contributed by atoms with Gasteiger partial charge in [-0.2, -0.15) is 4.99 Å². The molecule has 0 spiro atoms. The minimum atomic E-state index is -0.380. The molecule has 7 heteroatoms. The predicted molar refractivity (Wildman–Crippen MR) is 127 cm³/mol. The molecular formula is C27H22ClN3O3. The summed E-state index contributed by atoms with van der Waals surface area (Å²) in [5.74, 6) is 1.24. The highest BCUT2D eigenvalue weighted by molar-refractivity contribution is 6.05. The van der Waals surface area contributed by atoms with Gasteiger partial charge in [0, 0.05) is 5.56 Å². The van der Waals surface area contributed by atoms with Crippen molar-refractivity contribution in [2.24, 2.45) is 9.98 Å². The van der Waals surface area contributed by atoms with Crippen LogP contribution in [0.3, 0.4) is 0 Å². The number of carbonyl (C=O) groups is 1. The van der Waals surface area contributed by atoms with Crippen LogP contribution in [0.25, 0.3) is 5.70 Å². The number of halogens is 1. The van der Waals surface area contributed by atoms with Gasteiger partial charge in [-0.15, -0.1) is 0 Å². The molecule has 3 aromatic rings. The minimum absolute atomic E-state index is 0. The van der Waals surface area contributed by atoms with Crippen LogP contribution in [0.15, 0.2) is 107 Å². The summed E-state index contributed by atoms with van der Waals surface area (Å²) in [5.41, 5.74) is 5.07. The maximum atomic E-state index is 12.0. The topological polar surface area (TPSA) is 64.7 Å². The summed E-state index contributed by atoms with van der Waals surface area (Å²) in [6.07, 6.45) is 5.53. The summed E-state index contributed by atoms with van der Waals surface area (Å²) in [6, 6.07) is 25.3. The second-order valence-corrected chi connectivity index (χ2v) is 7.60. The Hall–Kier alpha value is -4.00. The van der Waals surface area contributed by atoms with Crippen molar-refractivity contribution >= 4 is 23.7 Å². The van der Waals surface area contributed by atoms with Gasteiger partial charge in [-0.05, 0) is 35.9 Å². The molecule has 1 N–H and O–H groups in total. The van der Waals surface area contributed by atoms with E-state index in [1.807, 2.05) is 79.1 Å². The summed E-state index contributed by atoms with van der Waals surface area (Å²) in [5, 5.41) is 0. The van der Waals surface area contributed by atoms with Crippen LogP contribution in [0.4, 0.5) is 0 Å². The van der Waals surface area contributed by atoms with Crippen molar-refractivity contribution < 1.29 is 31.6 Å². The second-order valence-electron chi connectivity index (χ2n) is 7.60. The molecule has 170 valence electrons. The molecule has 0 aromatic heterocycles. The number of methoxy groups -OCH3 is 1. The standard InChI is InChI=1S/C27H21N3O3.ClH/c1-32-27(31)22-11-5-9-20(15-22)25-24-17-28-13-14-30(24)26(29-25)21-10-6-12-23(16-21)33-18-19-7-3-2-4-8-19;/h2-17H,18H2,1H3;1H. The van der Waals surface area contributed by atoms with Crippen LogP contribution >= 0.6 is 0 Å². The zero-order valence-corrected chi connectivity index (χ0v) is 19.2. The van der Waals surface area contributed by atoms with Crippen LogP contribution in [-0.2, 0) is 11.3 Å². The molecule has 2 heterocycles. The lowest BCUT2D eigenvalue weighted by atomic mass is 10.1. The number of allylic oxidation sites excluding steroid dienone is 1. The zero-order valence-electron chi connectivity index (χ0n) is 18.4. The number of ether oxygens (including phenoxy) is 2. The van der Waals surface area contributed by atoms with Crippen LogP contribution in [0.1, 0.15) is 27.0 Å². The van der Waals surface area contributed by atoms with Crippen LogP contribution in [0.5, 0.6) is 5.75 Å². The molecule has 6 nitrogen and oxygen atoms in total. The van der Waals surface area contributed by atoms with Crippen LogP contribution in [0.2, 0.25) is 0 Å². The first-order valence-electron chi connectivity index (χ1n) is 10.6. The Bertz CT molecular complexity index is 1330. The lowest BCUT2D eigenvalue weighted by Gasteiger charge is -2.14. The lowest BCUT2D eigenvalue weighted by Crippen LogP contribution is -3.08. The first-order valence-corrected chi connectivity index (χ1v) is 10.6. The van der Waals surface area contributed by atoms with Crippen molar-refractivity contribution in [2.75, 3.05) is 7.11 Å². The Labute approximate surface area is 204 Å². The van der Waals surface area contributed by atoms with Crippen LogP contribution in [0, 0.1) is 0 Å². The number of hydrogen-bond donors (Lipinski definition) is 1. The third-order valence-corrected chi connectivity index (χ3v) is 5.47. The highest BCUT2D eigenvalue weighted by atomic mass is 35.5. The number of rotatable bonds is 6. The van der Waals surface area contributed by atoms with E-state index < -0.39 is 0 Å². The maximum absolute atomic E-state index is 12.0. The number of benzene rings is 3. The van der Waals surface area contributed by atoms with Crippen LogP contribution in [-0.4, -0.2) is 25.1 Å². The Morgan fingerprint density at radius 2 is 1.74 bits per heavy atom. The molecule has 3 aromatic carbocycles. The van der Waals surface area contributed by atoms with Gasteiger partial charge in [0.1, 0.15) is 24.3 Å².